The van der Waals surface area contributed by atoms with Gasteiger partial charge in [0.2, 0.25) is 0 Å². The van der Waals surface area contributed by atoms with E-state index in [0.29, 0.717) is 12.1 Å². The van der Waals surface area contributed by atoms with Gasteiger partial charge in [0.15, 0.2) is 0 Å². The van der Waals surface area contributed by atoms with E-state index in [1.165, 1.54) is 0 Å². The average molecular weight is 380 g/mol. The zero-order valence-corrected chi connectivity index (χ0v) is 16.1. The molecule has 4 rings (SSSR count). The number of fused-ring (bicyclic) bond motifs is 1. The normalized spacial score (nSPS) is 16.6. The number of amides is 1. The zero-order chi connectivity index (χ0) is 19.7. The molecule has 0 radical (unpaired) electrons. The van der Waals surface area contributed by atoms with Gasteiger partial charge >= 0.3 is 0 Å². The molecular formula is C21H24N4O3. The number of rotatable bonds is 5. The van der Waals surface area contributed by atoms with Gasteiger partial charge in [0.25, 0.3) is 11.5 Å². The minimum absolute atomic E-state index is 0.0394. The Morgan fingerprint density at radius 1 is 1.32 bits per heavy atom. The van der Waals surface area contributed by atoms with Crippen LogP contribution in [0.25, 0.3) is 5.65 Å². The van der Waals surface area contributed by atoms with E-state index in [0.717, 1.165) is 36.5 Å². The molecule has 0 spiro atoms. The average Bonchev–Trinajstić information content (AvgIpc) is 3.32. The molecule has 0 aliphatic carbocycles. The highest BCUT2D eigenvalue weighted by molar-refractivity contribution is 5.95. The molecule has 28 heavy (non-hydrogen) atoms. The Kier molecular flexibility index (Phi) is 5.00. The van der Waals surface area contributed by atoms with Crippen molar-refractivity contribution >= 4 is 11.6 Å². The van der Waals surface area contributed by atoms with Crippen molar-refractivity contribution in [2.75, 3.05) is 6.61 Å². The van der Waals surface area contributed by atoms with Crippen LogP contribution in [0.3, 0.4) is 0 Å². The highest BCUT2D eigenvalue weighted by Crippen LogP contribution is 2.14. The lowest BCUT2D eigenvalue weighted by atomic mass is 10.1. The maximum absolute atomic E-state index is 12.8. The van der Waals surface area contributed by atoms with Gasteiger partial charge in [-0.25, -0.2) is 4.98 Å². The predicted molar refractivity (Wildman–Crippen MR) is 106 cm³/mol. The third-order valence-electron chi connectivity index (χ3n) is 5.20. The van der Waals surface area contributed by atoms with E-state index in [1.807, 2.05) is 35.7 Å². The number of imidazole rings is 1. The Morgan fingerprint density at radius 3 is 2.93 bits per heavy atom. The highest BCUT2D eigenvalue weighted by atomic mass is 16.5. The van der Waals surface area contributed by atoms with Crippen molar-refractivity contribution in [1.29, 1.82) is 0 Å². The molecule has 1 aliphatic rings. The second-order valence-electron chi connectivity index (χ2n) is 7.28. The lowest BCUT2D eigenvalue weighted by molar-refractivity contribution is 0.0928. The molecule has 3 aromatic rings. The lowest BCUT2D eigenvalue weighted by Crippen LogP contribution is -2.35. The number of ether oxygens (including phenoxy) is 1. The van der Waals surface area contributed by atoms with E-state index in [2.05, 4.69) is 10.3 Å². The molecular weight excluding hydrogens is 356 g/mol. The summed E-state index contributed by atoms with van der Waals surface area (Å²) in [5.74, 6) is -0.377. The summed E-state index contributed by atoms with van der Waals surface area (Å²) in [6.07, 6.45) is 5.63. The summed E-state index contributed by atoms with van der Waals surface area (Å²) in [6, 6.07) is 7.67. The molecule has 1 saturated heterocycles. The first-order valence-electron chi connectivity index (χ1n) is 9.56. The summed E-state index contributed by atoms with van der Waals surface area (Å²) in [4.78, 5) is 30.1. The number of hydrogen-bond donors (Lipinski definition) is 1. The monoisotopic (exact) mass is 380 g/mol. The highest BCUT2D eigenvalue weighted by Gasteiger charge is 2.20. The summed E-state index contributed by atoms with van der Waals surface area (Å²) in [6.45, 7) is 5.25. The van der Waals surface area contributed by atoms with Crippen LogP contribution in [0.1, 0.15) is 40.2 Å². The van der Waals surface area contributed by atoms with Crippen molar-refractivity contribution in [3.05, 3.63) is 69.5 Å². The Morgan fingerprint density at radius 2 is 2.18 bits per heavy atom. The molecule has 146 valence electrons. The fraction of sp³-hybridized carbons (Fsp3) is 0.381. The summed E-state index contributed by atoms with van der Waals surface area (Å²) < 4.78 is 9.17. The van der Waals surface area contributed by atoms with Crippen LogP contribution in [0, 0.1) is 13.8 Å². The first-order chi connectivity index (χ1) is 13.5. The number of hydrogen-bond acceptors (Lipinski definition) is 4. The second kappa shape index (κ2) is 7.59. The first kappa shape index (κ1) is 18.4. The van der Waals surface area contributed by atoms with E-state index >= 15 is 0 Å². The van der Waals surface area contributed by atoms with E-state index in [4.69, 9.17) is 4.74 Å². The Balaban J connectivity index is 1.52. The Labute approximate surface area is 163 Å². The SMILES string of the molecule is Cc1ccn(CC2CCCO2)c(=O)c1C(=O)NCc1cn2c(C)cccc2n1. The number of carbonyl (C=O) groups excluding carboxylic acids is 1. The number of aromatic nitrogens is 3. The number of pyridine rings is 2. The van der Waals surface area contributed by atoms with Gasteiger partial charge in [-0.3, -0.25) is 9.59 Å². The number of nitrogens with one attached hydrogen (secondary N) is 1. The molecule has 7 nitrogen and oxygen atoms in total. The number of aryl methyl sites for hydroxylation is 2. The molecule has 1 fully saturated rings. The van der Waals surface area contributed by atoms with Gasteiger partial charge in [-0.05, 0) is 50.5 Å². The molecule has 7 heteroatoms. The van der Waals surface area contributed by atoms with E-state index in [1.54, 1.807) is 23.8 Å². The third kappa shape index (κ3) is 3.57. The molecule has 0 bridgehead atoms. The fourth-order valence-electron chi connectivity index (χ4n) is 3.64. The minimum atomic E-state index is -0.377. The van der Waals surface area contributed by atoms with Gasteiger partial charge < -0.3 is 19.0 Å². The summed E-state index contributed by atoms with van der Waals surface area (Å²) in [7, 11) is 0. The number of carbonyl (C=O) groups is 1. The number of nitrogens with zero attached hydrogens (tertiary/aromatic N) is 3. The minimum Gasteiger partial charge on any atom is -0.376 e. The van der Waals surface area contributed by atoms with Crippen molar-refractivity contribution in [1.82, 2.24) is 19.3 Å². The Bertz CT molecular complexity index is 1080. The molecule has 3 aromatic heterocycles. The maximum atomic E-state index is 12.8. The van der Waals surface area contributed by atoms with Gasteiger partial charge in [0.05, 0.1) is 24.9 Å². The van der Waals surface area contributed by atoms with Crippen LogP contribution in [-0.2, 0) is 17.8 Å². The molecule has 1 atom stereocenters. The van der Waals surface area contributed by atoms with Crippen molar-refractivity contribution < 1.29 is 9.53 Å². The van der Waals surface area contributed by atoms with E-state index < -0.39 is 0 Å². The molecule has 0 aromatic carbocycles. The Hall–Kier alpha value is -2.93. The summed E-state index contributed by atoms with van der Waals surface area (Å²) >= 11 is 0. The molecule has 1 amide bonds. The second-order valence-corrected chi connectivity index (χ2v) is 7.28. The third-order valence-corrected chi connectivity index (χ3v) is 5.20. The van der Waals surface area contributed by atoms with Crippen LogP contribution in [-0.4, -0.2) is 32.6 Å². The fourth-order valence-corrected chi connectivity index (χ4v) is 3.64. The maximum Gasteiger partial charge on any atom is 0.263 e. The van der Waals surface area contributed by atoms with Gasteiger partial charge in [-0.1, -0.05) is 6.07 Å². The quantitative estimate of drug-likeness (QED) is 0.736. The van der Waals surface area contributed by atoms with E-state index in [-0.39, 0.29) is 29.7 Å². The topological polar surface area (TPSA) is 77.6 Å². The van der Waals surface area contributed by atoms with Gasteiger partial charge in [0, 0.05) is 24.7 Å². The molecule has 1 unspecified atom stereocenters. The van der Waals surface area contributed by atoms with E-state index in [9.17, 15) is 9.59 Å². The van der Waals surface area contributed by atoms with Crippen molar-refractivity contribution in [3.8, 4) is 0 Å². The molecule has 1 N–H and O–H groups in total. The van der Waals surface area contributed by atoms with Crippen LogP contribution in [0.5, 0.6) is 0 Å². The zero-order valence-electron chi connectivity index (χ0n) is 16.1. The van der Waals surface area contributed by atoms with Crippen LogP contribution in [0.4, 0.5) is 0 Å². The van der Waals surface area contributed by atoms with Gasteiger partial charge in [-0.15, -0.1) is 0 Å². The van der Waals surface area contributed by atoms with Crippen molar-refractivity contribution in [2.24, 2.45) is 0 Å². The van der Waals surface area contributed by atoms with Gasteiger partial charge in [-0.2, -0.15) is 0 Å². The standard InChI is InChI=1S/C21H24N4O3/c1-14-8-9-24(13-17-6-4-10-28-17)21(27)19(14)20(26)22-11-16-12-25-15(2)5-3-7-18(25)23-16/h3,5,7-9,12,17H,4,6,10-11,13H2,1-2H3,(H,22,26). The summed E-state index contributed by atoms with van der Waals surface area (Å²) in [5, 5.41) is 2.84. The van der Waals surface area contributed by atoms with Gasteiger partial charge in [0.1, 0.15) is 11.2 Å². The van der Waals surface area contributed by atoms with Crippen LogP contribution in [0.15, 0.2) is 41.5 Å². The van der Waals surface area contributed by atoms with Crippen molar-refractivity contribution in [3.63, 3.8) is 0 Å². The predicted octanol–water partition coefficient (Wildman–Crippen LogP) is 2.22. The van der Waals surface area contributed by atoms with Crippen LogP contribution < -0.4 is 10.9 Å². The lowest BCUT2D eigenvalue weighted by Gasteiger charge is -2.14. The molecule has 0 saturated carbocycles. The summed E-state index contributed by atoms with van der Waals surface area (Å²) in [5.41, 5.74) is 3.21. The first-order valence-corrected chi connectivity index (χ1v) is 9.56. The molecule has 1 aliphatic heterocycles. The smallest absolute Gasteiger partial charge is 0.263 e. The largest absolute Gasteiger partial charge is 0.376 e. The van der Waals surface area contributed by atoms with Crippen LogP contribution >= 0.6 is 0 Å². The van der Waals surface area contributed by atoms with Crippen LogP contribution in [0.2, 0.25) is 0 Å². The molecule has 4 heterocycles. The van der Waals surface area contributed by atoms with Crippen molar-refractivity contribution in [2.45, 2.75) is 45.9 Å².